The third-order valence-electron chi connectivity index (χ3n) is 3.12. The van der Waals surface area contributed by atoms with Crippen LogP contribution in [0.15, 0.2) is 0 Å². The topological polar surface area (TPSA) is 49.8 Å². The second-order valence-corrected chi connectivity index (χ2v) is 4.75. The van der Waals surface area contributed by atoms with Crippen LogP contribution in [-0.4, -0.2) is 55.7 Å². The van der Waals surface area contributed by atoms with Crippen LogP contribution in [0.4, 0.5) is 0 Å². The van der Waals surface area contributed by atoms with Crippen LogP contribution in [0.25, 0.3) is 0 Å². The first-order valence-corrected chi connectivity index (χ1v) is 6.01. The molecule has 0 spiro atoms. The number of hydrogen-bond acceptors (Lipinski definition) is 4. The van der Waals surface area contributed by atoms with Gasteiger partial charge in [-0.15, -0.1) is 0 Å². The van der Waals surface area contributed by atoms with E-state index >= 15 is 0 Å². The maximum absolute atomic E-state index is 11.8. The molecule has 1 aliphatic carbocycles. The van der Waals surface area contributed by atoms with Gasteiger partial charge in [-0.25, -0.2) is 0 Å². The van der Waals surface area contributed by atoms with Gasteiger partial charge in [0, 0.05) is 19.6 Å². The highest BCUT2D eigenvalue weighted by molar-refractivity contribution is 5.83. The van der Waals surface area contributed by atoms with E-state index in [9.17, 15) is 9.90 Å². The Morgan fingerprint density at radius 3 is 2.69 bits per heavy atom. The van der Waals surface area contributed by atoms with Gasteiger partial charge in [0.2, 0.25) is 0 Å². The number of aliphatic hydroxyl groups is 1. The second kappa shape index (κ2) is 6.99. The number of ether oxygens (including phenoxy) is 1. The molecule has 1 aliphatic rings. The Kier molecular flexibility index (Phi) is 5.95. The molecule has 16 heavy (non-hydrogen) atoms. The number of methoxy groups -OCH3 is 1. The van der Waals surface area contributed by atoms with E-state index in [2.05, 4.69) is 0 Å². The normalized spacial score (nSPS) is 19.2. The summed E-state index contributed by atoms with van der Waals surface area (Å²) >= 11 is 0. The monoisotopic (exact) mass is 229 g/mol. The van der Waals surface area contributed by atoms with Crippen molar-refractivity contribution >= 4 is 5.78 Å². The fourth-order valence-corrected chi connectivity index (χ4v) is 2.31. The molecule has 4 nitrogen and oxygen atoms in total. The van der Waals surface area contributed by atoms with Gasteiger partial charge in [0.25, 0.3) is 0 Å². The number of rotatable bonds is 7. The molecule has 1 unspecified atom stereocenters. The molecule has 0 bridgehead atoms. The number of likely N-dealkylation sites (N-methyl/N-ethyl adjacent to an activating group) is 1. The zero-order valence-electron chi connectivity index (χ0n) is 10.3. The van der Waals surface area contributed by atoms with Crippen LogP contribution in [0.2, 0.25) is 0 Å². The van der Waals surface area contributed by atoms with Crippen LogP contribution < -0.4 is 0 Å². The van der Waals surface area contributed by atoms with Gasteiger partial charge in [-0.3, -0.25) is 9.69 Å². The lowest BCUT2D eigenvalue weighted by Crippen LogP contribution is -2.36. The molecule has 4 heteroatoms. The quantitative estimate of drug-likeness (QED) is 0.697. The van der Waals surface area contributed by atoms with Crippen LogP contribution >= 0.6 is 0 Å². The van der Waals surface area contributed by atoms with E-state index in [0.717, 1.165) is 12.8 Å². The predicted octanol–water partition coefficient (Wildman–Crippen LogP) is 0.685. The van der Waals surface area contributed by atoms with Crippen molar-refractivity contribution in [2.24, 2.45) is 5.92 Å². The average Bonchev–Trinajstić information content (AvgIpc) is 2.69. The third-order valence-corrected chi connectivity index (χ3v) is 3.12. The number of Topliss-reactive ketones (excluding diaryl/α,β-unsaturated/α-hetero) is 1. The highest BCUT2D eigenvalue weighted by Gasteiger charge is 2.23. The van der Waals surface area contributed by atoms with E-state index < -0.39 is 6.10 Å². The largest absolute Gasteiger partial charge is 0.389 e. The summed E-state index contributed by atoms with van der Waals surface area (Å²) in [5.41, 5.74) is 0. The molecule has 1 atom stereocenters. The molecule has 0 saturated heterocycles. The second-order valence-electron chi connectivity index (χ2n) is 4.75. The van der Waals surface area contributed by atoms with Gasteiger partial charge in [0.1, 0.15) is 5.78 Å². The van der Waals surface area contributed by atoms with E-state index in [1.165, 1.54) is 12.8 Å². The van der Waals surface area contributed by atoms with Crippen molar-refractivity contribution in [2.45, 2.75) is 31.8 Å². The molecule has 0 amide bonds. The van der Waals surface area contributed by atoms with Crippen molar-refractivity contribution in [3.8, 4) is 0 Å². The maximum Gasteiger partial charge on any atom is 0.149 e. The molecule has 0 aromatic rings. The zero-order chi connectivity index (χ0) is 12.0. The van der Waals surface area contributed by atoms with Crippen LogP contribution in [-0.2, 0) is 9.53 Å². The number of nitrogens with zero attached hydrogens (tertiary/aromatic N) is 1. The molecule has 1 rings (SSSR count). The highest BCUT2D eigenvalue weighted by atomic mass is 16.5. The minimum absolute atomic E-state index is 0.266. The number of hydrogen-bond donors (Lipinski definition) is 1. The Hall–Kier alpha value is -0.450. The van der Waals surface area contributed by atoms with Crippen molar-refractivity contribution < 1.29 is 14.6 Å². The van der Waals surface area contributed by atoms with Crippen molar-refractivity contribution in [1.82, 2.24) is 4.90 Å². The van der Waals surface area contributed by atoms with E-state index in [1.54, 1.807) is 7.11 Å². The lowest BCUT2D eigenvalue weighted by Gasteiger charge is -2.20. The summed E-state index contributed by atoms with van der Waals surface area (Å²) in [5.74, 6) is 0.589. The van der Waals surface area contributed by atoms with Gasteiger partial charge in [0.05, 0.1) is 19.3 Å². The van der Waals surface area contributed by atoms with Crippen LogP contribution in [0.3, 0.4) is 0 Å². The molecule has 0 aromatic heterocycles. The van der Waals surface area contributed by atoms with Crippen LogP contribution in [0, 0.1) is 5.92 Å². The Morgan fingerprint density at radius 2 is 2.12 bits per heavy atom. The van der Waals surface area contributed by atoms with Crippen molar-refractivity contribution in [1.29, 1.82) is 0 Å². The van der Waals surface area contributed by atoms with Crippen LogP contribution in [0.5, 0.6) is 0 Å². The molecule has 1 fully saturated rings. The summed E-state index contributed by atoms with van der Waals surface area (Å²) in [6.07, 6.45) is 3.96. The maximum atomic E-state index is 11.8. The Bertz CT molecular complexity index is 214. The minimum atomic E-state index is -0.508. The molecule has 94 valence electrons. The first-order valence-electron chi connectivity index (χ1n) is 6.01. The summed E-state index contributed by atoms with van der Waals surface area (Å²) in [6.45, 7) is 1.26. The predicted molar refractivity (Wildman–Crippen MR) is 62.3 cm³/mol. The van der Waals surface area contributed by atoms with Gasteiger partial charge < -0.3 is 9.84 Å². The van der Waals surface area contributed by atoms with Gasteiger partial charge in [-0.2, -0.15) is 0 Å². The molecule has 0 aromatic carbocycles. The zero-order valence-corrected chi connectivity index (χ0v) is 10.3. The van der Waals surface area contributed by atoms with E-state index in [-0.39, 0.29) is 5.92 Å². The van der Waals surface area contributed by atoms with E-state index in [4.69, 9.17) is 4.74 Å². The Morgan fingerprint density at radius 1 is 1.50 bits per heavy atom. The van der Waals surface area contributed by atoms with Crippen molar-refractivity contribution in [3.05, 3.63) is 0 Å². The first kappa shape index (κ1) is 13.6. The Balaban J connectivity index is 2.22. The number of aliphatic hydroxyl groups excluding tert-OH is 1. The molecule has 1 saturated carbocycles. The summed E-state index contributed by atoms with van der Waals surface area (Å²) in [5, 5.41) is 9.52. The molecule has 1 N–H and O–H groups in total. The number of ketones is 1. The average molecular weight is 229 g/mol. The Labute approximate surface area is 97.6 Å². The lowest BCUT2D eigenvalue weighted by atomic mass is 10.0. The molecular formula is C12H23NO3. The van der Waals surface area contributed by atoms with E-state index in [0.29, 0.717) is 25.5 Å². The fourth-order valence-electron chi connectivity index (χ4n) is 2.31. The SMILES string of the molecule is COCC(O)CN(C)CC(=O)C1CCCC1. The summed E-state index contributed by atoms with van der Waals surface area (Å²) in [4.78, 5) is 13.7. The molecule has 0 radical (unpaired) electrons. The first-order chi connectivity index (χ1) is 7.63. The fraction of sp³-hybridized carbons (Fsp3) is 0.917. The molecule has 0 heterocycles. The molecule has 0 aliphatic heterocycles. The van der Waals surface area contributed by atoms with Crippen molar-refractivity contribution in [2.75, 3.05) is 33.9 Å². The summed E-state index contributed by atoms with van der Waals surface area (Å²) < 4.78 is 4.85. The van der Waals surface area contributed by atoms with Crippen LogP contribution in [0.1, 0.15) is 25.7 Å². The smallest absolute Gasteiger partial charge is 0.149 e. The summed E-state index contributed by atoms with van der Waals surface area (Å²) in [6, 6.07) is 0. The van der Waals surface area contributed by atoms with Gasteiger partial charge >= 0.3 is 0 Å². The lowest BCUT2D eigenvalue weighted by molar-refractivity contribution is -0.123. The van der Waals surface area contributed by atoms with Crippen molar-refractivity contribution in [3.63, 3.8) is 0 Å². The van der Waals surface area contributed by atoms with Gasteiger partial charge in [-0.1, -0.05) is 12.8 Å². The number of carbonyl (C=O) groups is 1. The summed E-state index contributed by atoms with van der Waals surface area (Å²) in [7, 11) is 3.43. The highest BCUT2D eigenvalue weighted by Crippen LogP contribution is 2.25. The molecular weight excluding hydrogens is 206 g/mol. The van der Waals surface area contributed by atoms with E-state index in [1.807, 2.05) is 11.9 Å². The van der Waals surface area contributed by atoms with Gasteiger partial charge in [0.15, 0.2) is 0 Å². The number of carbonyl (C=O) groups excluding carboxylic acids is 1. The van der Waals surface area contributed by atoms with Gasteiger partial charge in [-0.05, 0) is 19.9 Å². The minimum Gasteiger partial charge on any atom is -0.389 e. The third kappa shape index (κ3) is 4.60. The standard InChI is InChI=1S/C12H23NO3/c1-13(7-11(14)9-16-2)8-12(15)10-5-3-4-6-10/h10-11,14H,3-9H2,1-2H3.